The minimum atomic E-state index is -1.27. The SMILES string of the molecule is O[C@@H]1[C@@H](O)[C@@H]2NC[C@H](O)[C@H](O)[C@H]2[C@H]1O. The standard InChI is InChI=1S/C8H15NO5/c10-2-1-9-4-3(5(2)11)6(12)8(14)7(4)13/h2-14H,1H2/t2-,3-,4+,5-,6+,7-,8-/m0/s1. The molecule has 0 aromatic carbocycles. The molecule has 0 bridgehead atoms. The van der Waals surface area contributed by atoms with Crippen LogP contribution in [0.15, 0.2) is 0 Å². The summed E-state index contributed by atoms with van der Waals surface area (Å²) in [4.78, 5) is 0. The highest BCUT2D eigenvalue weighted by atomic mass is 16.4. The van der Waals surface area contributed by atoms with Gasteiger partial charge >= 0.3 is 0 Å². The molecule has 2 fully saturated rings. The Morgan fingerprint density at radius 2 is 1.43 bits per heavy atom. The molecule has 0 aromatic rings. The van der Waals surface area contributed by atoms with E-state index in [4.69, 9.17) is 0 Å². The van der Waals surface area contributed by atoms with Crippen molar-refractivity contribution in [2.24, 2.45) is 5.92 Å². The average Bonchev–Trinajstić information content (AvgIpc) is 2.38. The van der Waals surface area contributed by atoms with Gasteiger partial charge in [-0.25, -0.2) is 0 Å². The largest absolute Gasteiger partial charge is 0.390 e. The van der Waals surface area contributed by atoms with Crippen molar-refractivity contribution in [3.05, 3.63) is 0 Å². The fraction of sp³-hybridized carbons (Fsp3) is 1.00. The lowest BCUT2D eigenvalue weighted by Gasteiger charge is -2.36. The lowest BCUT2D eigenvalue weighted by Crippen LogP contribution is -2.58. The molecule has 2 aliphatic rings. The van der Waals surface area contributed by atoms with E-state index < -0.39 is 42.5 Å². The zero-order valence-corrected chi connectivity index (χ0v) is 7.48. The van der Waals surface area contributed by atoms with Gasteiger partial charge in [0.05, 0.1) is 24.4 Å². The van der Waals surface area contributed by atoms with Crippen LogP contribution in [0.2, 0.25) is 0 Å². The quantitative estimate of drug-likeness (QED) is 0.243. The maximum Gasteiger partial charge on any atom is 0.108 e. The molecule has 0 unspecified atom stereocenters. The van der Waals surface area contributed by atoms with Crippen LogP contribution in [0.25, 0.3) is 0 Å². The summed E-state index contributed by atoms with van der Waals surface area (Å²) in [6.07, 6.45) is -5.64. The number of hydrogen-bond donors (Lipinski definition) is 6. The molecule has 7 atom stereocenters. The van der Waals surface area contributed by atoms with E-state index in [0.717, 1.165) is 0 Å². The third kappa shape index (κ3) is 1.27. The monoisotopic (exact) mass is 205 g/mol. The van der Waals surface area contributed by atoms with E-state index in [-0.39, 0.29) is 6.54 Å². The zero-order chi connectivity index (χ0) is 10.5. The number of aliphatic hydroxyl groups excluding tert-OH is 5. The minimum Gasteiger partial charge on any atom is -0.390 e. The molecule has 2 rings (SSSR count). The lowest BCUT2D eigenvalue weighted by molar-refractivity contribution is -0.0855. The van der Waals surface area contributed by atoms with Crippen molar-refractivity contribution in [2.45, 2.75) is 36.6 Å². The van der Waals surface area contributed by atoms with Gasteiger partial charge in [0.2, 0.25) is 0 Å². The molecular weight excluding hydrogens is 190 g/mol. The van der Waals surface area contributed by atoms with E-state index >= 15 is 0 Å². The van der Waals surface area contributed by atoms with Gasteiger partial charge in [0.15, 0.2) is 0 Å². The van der Waals surface area contributed by atoms with Crippen LogP contribution in [0.3, 0.4) is 0 Å². The Balaban J connectivity index is 2.21. The summed E-state index contributed by atoms with van der Waals surface area (Å²) in [6.45, 7) is 0.152. The molecule has 82 valence electrons. The molecule has 0 radical (unpaired) electrons. The van der Waals surface area contributed by atoms with E-state index in [1.807, 2.05) is 0 Å². The van der Waals surface area contributed by atoms with Gasteiger partial charge in [-0.1, -0.05) is 0 Å². The predicted molar refractivity (Wildman–Crippen MR) is 45.3 cm³/mol. The third-order valence-corrected chi connectivity index (χ3v) is 3.23. The maximum atomic E-state index is 9.58. The Labute approximate surface area is 80.8 Å². The molecule has 6 N–H and O–H groups in total. The van der Waals surface area contributed by atoms with Crippen molar-refractivity contribution in [3.8, 4) is 0 Å². The summed E-state index contributed by atoms with van der Waals surface area (Å²) in [5.41, 5.74) is 0. The molecule has 0 spiro atoms. The van der Waals surface area contributed by atoms with E-state index in [1.165, 1.54) is 0 Å². The molecule has 1 saturated heterocycles. The first-order chi connectivity index (χ1) is 6.54. The number of β-amino-alcohol motifs (C(OH)–C–C–N with tert-alkyl or cyclic N) is 1. The Morgan fingerprint density at radius 1 is 0.786 bits per heavy atom. The smallest absolute Gasteiger partial charge is 0.108 e. The molecule has 1 saturated carbocycles. The topological polar surface area (TPSA) is 113 Å². The van der Waals surface area contributed by atoms with Crippen LogP contribution in [0.4, 0.5) is 0 Å². The summed E-state index contributed by atoms with van der Waals surface area (Å²) in [5.74, 6) is -0.719. The normalized spacial score (nSPS) is 58.5. The molecule has 1 aliphatic heterocycles. The third-order valence-electron chi connectivity index (χ3n) is 3.23. The fourth-order valence-electron chi connectivity index (χ4n) is 2.39. The van der Waals surface area contributed by atoms with Gasteiger partial charge in [0.25, 0.3) is 0 Å². The molecule has 6 nitrogen and oxygen atoms in total. The predicted octanol–water partition coefficient (Wildman–Crippen LogP) is -3.61. The first-order valence-electron chi connectivity index (χ1n) is 4.67. The second-order valence-corrected chi connectivity index (χ2v) is 4.04. The van der Waals surface area contributed by atoms with Crippen LogP contribution in [0.1, 0.15) is 0 Å². The molecule has 1 heterocycles. The van der Waals surface area contributed by atoms with Crippen LogP contribution in [-0.4, -0.2) is 68.6 Å². The second kappa shape index (κ2) is 3.41. The van der Waals surface area contributed by atoms with E-state index in [2.05, 4.69) is 5.32 Å². The maximum absolute atomic E-state index is 9.58. The molecule has 0 aromatic heterocycles. The Kier molecular flexibility index (Phi) is 2.50. The van der Waals surface area contributed by atoms with Crippen molar-refractivity contribution in [1.29, 1.82) is 0 Å². The highest BCUT2D eigenvalue weighted by Crippen LogP contribution is 2.33. The summed E-state index contributed by atoms with van der Waals surface area (Å²) in [5, 5.41) is 50.1. The highest BCUT2D eigenvalue weighted by molar-refractivity contribution is 5.08. The van der Waals surface area contributed by atoms with Crippen LogP contribution in [-0.2, 0) is 0 Å². The summed E-state index contributed by atoms with van der Waals surface area (Å²) in [7, 11) is 0. The van der Waals surface area contributed by atoms with Crippen LogP contribution in [0, 0.1) is 5.92 Å². The molecule has 6 heteroatoms. The minimum absolute atomic E-state index is 0.152. The van der Waals surface area contributed by atoms with Gasteiger partial charge in [0, 0.05) is 18.5 Å². The first kappa shape index (κ1) is 10.3. The lowest BCUT2D eigenvalue weighted by atomic mass is 9.87. The van der Waals surface area contributed by atoms with Crippen molar-refractivity contribution >= 4 is 0 Å². The van der Waals surface area contributed by atoms with E-state index in [0.29, 0.717) is 0 Å². The Hall–Kier alpha value is -0.240. The molecule has 1 aliphatic carbocycles. The Morgan fingerprint density at radius 3 is 2.07 bits per heavy atom. The zero-order valence-electron chi connectivity index (χ0n) is 7.48. The molecular formula is C8H15NO5. The van der Waals surface area contributed by atoms with Crippen molar-refractivity contribution in [2.75, 3.05) is 6.54 Å². The number of fused-ring (bicyclic) bond motifs is 1. The van der Waals surface area contributed by atoms with Crippen LogP contribution >= 0.6 is 0 Å². The van der Waals surface area contributed by atoms with Crippen molar-refractivity contribution in [3.63, 3.8) is 0 Å². The van der Waals surface area contributed by atoms with E-state index in [1.54, 1.807) is 0 Å². The van der Waals surface area contributed by atoms with E-state index in [9.17, 15) is 25.5 Å². The van der Waals surface area contributed by atoms with Crippen molar-refractivity contribution < 1.29 is 25.5 Å². The van der Waals surface area contributed by atoms with Gasteiger partial charge in [-0.05, 0) is 0 Å². The number of piperidine rings is 1. The number of nitrogens with one attached hydrogen (secondary N) is 1. The number of rotatable bonds is 0. The van der Waals surface area contributed by atoms with Gasteiger partial charge in [-0.3, -0.25) is 0 Å². The number of aliphatic hydroxyl groups is 5. The molecule has 0 amide bonds. The van der Waals surface area contributed by atoms with Crippen LogP contribution < -0.4 is 5.32 Å². The highest BCUT2D eigenvalue weighted by Gasteiger charge is 2.54. The summed E-state index contributed by atoms with van der Waals surface area (Å²) in [6, 6.07) is -0.557. The number of hydrogen-bond acceptors (Lipinski definition) is 6. The molecule has 14 heavy (non-hydrogen) atoms. The van der Waals surface area contributed by atoms with Gasteiger partial charge in [-0.15, -0.1) is 0 Å². The van der Waals surface area contributed by atoms with Crippen molar-refractivity contribution in [1.82, 2.24) is 5.32 Å². The van der Waals surface area contributed by atoms with Gasteiger partial charge in [-0.2, -0.15) is 0 Å². The second-order valence-electron chi connectivity index (χ2n) is 4.04. The Bertz CT molecular complexity index is 222. The summed E-state index contributed by atoms with van der Waals surface area (Å²) >= 11 is 0. The van der Waals surface area contributed by atoms with Gasteiger partial charge in [0.1, 0.15) is 6.10 Å². The summed E-state index contributed by atoms with van der Waals surface area (Å²) < 4.78 is 0. The first-order valence-corrected chi connectivity index (χ1v) is 4.67. The average molecular weight is 205 g/mol. The van der Waals surface area contributed by atoms with Gasteiger partial charge < -0.3 is 30.8 Å². The van der Waals surface area contributed by atoms with Crippen LogP contribution in [0.5, 0.6) is 0 Å². The fourth-order valence-corrected chi connectivity index (χ4v) is 2.39.